The van der Waals surface area contributed by atoms with Crippen LogP contribution in [0.3, 0.4) is 0 Å². The largest absolute Gasteiger partial charge is 0.480 e. The number of aromatic amines is 1. The third kappa shape index (κ3) is 29.4. The second kappa shape index (κ2) is 35.9. The molecular weight excluding hydrogens is 887 g/mol. The van der Waals surface area contributed by atoms with Gasteiger partial charge in [-0.1, -0.05) is 67.8 Å². The third-order valence-corrected chi connectivity index (χ3v) is 10.2. The van der Waals surface area contributed by atoms with Gasteiger partial charge >= 0.3 is 35.8 Å². The zero-order chi connectivity index (χ0) is 51.6. The molecule has 0 spiro atoms. The molecule has 0 unspecified atom stereocenters. The van der Waals surface area contributed by atoms with Crippen LogP contribution in [-0.2, 0) is 41.6 Å². The Labute approximate surface area is 396 Å². The number of aliphatic carboxylic acids is 6. The summed E-state index contributed by atoms with van der Waals surface area (Å²) < 4.78 is 0. The Bertz CT molecular complexity index is 1930. The zero-order valence-corrected chi connectivity index (χ0v) is 38.7. The summed E-state index contributed by atoms with van der Waals surface area (Å²) in [6.07, 6.45) is 12.5. The lowest BCUT2D eigenvalue weighted by Gasteiger charge is -2.24. The van der Waals surface area contributed by atoms with E-state index in [0.717, 1.165) is 54.3 Å². The number of nitrogens with one attached hydrogen (secondary N) is 5. The summed E-state index contributed by atoms with van der Waals surface area (Å²) in [7, 11) is 0. The van der Waals surface area contributed by atoms with E-state index in [0.29, 0.717) is 57.7 Å². The monoisotopic (exact) mass is 962 g/mol. The van der Waals surface area contributed by atoms with Crippen LogP contribution in [0, 0.1) is 5.41 Å². The van der Waals surface area contributed by atoms with Gasteiger partial charge in [-0.3, -0.25) is 34.2 Å². The van der Waals surface area contributed by atoms with Gasteiger partial charge in [0.25, 0.3) is 0 Å². The maximum absolute atomic E-state index is 10.6. The average Bonchev–Trinajstić information content (AvgIpc) is 4.00. The van der Waals surface area contributed by atoms with E-state index < -0.39 is 66.0 Å². The molecule has 2 fully saturated rings. The van der Waals surface area contributed by atoms with Crippen molar-refractivity contribution in [1.29, 1.82) is 5.41 Å². The first-order valence-electron chi connectivity index (χ1n) is 22.4. The van der Waals surface area contributed by atoms with E-state index in [2.05, 4.69) is 20.9 Å². The molecule has 2 heterocycles. The zero-order valence-electron chi connectivity index (χ0n) is 38.7. The van der Waals surface area contributed by atoms with Crippen LogP contribution in [-0.4, -0.2) is 139 Å². The molecule has 2 aromatic carbocycles. The number of carbonyl (C=O) groups is 6. The number of rotatable bonds is 19. The molecule has 2 aliphatic rings. The van der Waals surface area contributed by atoms with Gasteiger partial charge in [-0.25, -0.2) is 0 Å². The average molecular weight is 962 g/mol. The standard InChI is InChI=1S/C11H12N2O2.C9H17NO2.C9H11NO2.C6H14N4O2.C5H12N2O2.C5H9NO2/c12-9(11(14)15)5-7-6-13-10-4-2-1-3-8(7)10;1-7(9(11)12)10-8-5-3-2-4-6-8;10-8(9(11)12)6-7-4-2-1-3-5-7;7-4(5(11)12)2-1-3-10-6(8)9;6-3-1-2-4(7)5(8)9;7-5(8)4-2-1-3-6-4/h1-4,6,9,13H,5,12H2,(H,14,15);7-8,10H,2-6H2,1H3,(H,11,12);1-5,8H,6,10H2,(H,11,12);4H,1-3,7H2,(H,11,12)(H4,8,9,10);4H,1-3,6-7H2,(H,8,9);4,6H,1-3H2,(H,7,8)/t9-;7-;8-;3*4-/m000000/s1. The summed E-state index contributed by atoms with van der Waals surface area (Å²) >= 11 is 0. The normalized spacial score (nSPS) is 16.1. The van der Waals surface area contributed by atoms with Gasteiger partial charge in [0, 0.05) is 36.1 Å². The smallest absolute Gasteiger partial charge is 0.320 e. The van der Waals surface area contributed by atoms with Crippen molar-refractivity contribution in [2.45, 2.75) is 133 Å². The van der Waals surface area contributed by atoms with Crippen molar-refractivity contribution in [2.24, 2.45) is 34.4 Å². The molecule has 382 valence electrons. The predicted octanol–water partition coefficient (Wildman–Crippen LogP) is 0.767. The number of carboxylic acid groups (broad SMARTS) is 6. The maximum Gasteiger partial charge on any atom is 0.320 e. The number of benzene rings is 2. The van der Waals surface area contributed by atoms with Crippen LogP contribution in [0.4, 0.5) is 0 Å². The Hall–Kier alpha value is -6.21. The number of hydrogen-bond acceptors (Lipinski definition) is 14. The molecule has 0 bridgehead atoms. The van der Waals surface area contributed by atoms with Crippen molar-refractivity contribution in [3.05, 3.63) is 71.9 Å². The third-order valence-electron chi connectivity index (χ3n) is 10.2. The molecule has 3 aromatic rings. The molecule has 23 nitrogen and oxygen atoms in total. The van der Waals surface area contributed by atoms with Crippen LogP contribution in [0.25, 0.3) is 10.9 Å². The highest BCUT2D eigenvalue weighted by Crippen LogP contribution is 2.19. The molecule has 1 saturated heterocycles. The van der Waals surface area contributed by atoms with Gasteiger partial charge in [0.2, 0.25) is 0 Å². The minimum Gasteiger partial charge on any atom is -0.480 e. The molecule has 68 heavy (non-hydrogen) atoms. The Morgan fingerprint density at radius 2 is 1.22 bits per heavy atom. The van der Waals surface area contributed by atoms with Crippen molar-refractivity contribution < 1.29 is 59.4 Å². The molecule has 1 saturated carbocycles. The minimum absolute atomic E-state index is 0.112. The Morgan fingerprint density at radius 3 is 1.69 bits per heavy atom. The first kappa shape index (κ1) is 61.8. The fourth-order valence-electron chi connectivity index (χ4n) is 6.30. The van der Waals surface area contributed by atoms with Crippen molar-refractivity contribution in [3.63, 3.8) is 0 Å². The summed E-state index contributed by atoms with van der Waals surface area (Å²) in [5, 5.41) is 67.2. The van der Waals surface area contributed by atoms with E-state index in [4.69, 9.17) is 70.5 Å². The summed E-state index contributed by atoms with van der Waals surface area (Å²) in [6.45, 7) is 3.55. The first-order chi connectivity index (χ1) is 32.1. The topological polar surface area (TPSA) is 456 Å². The van der Waals surface area contributed by atoms with Crippen molar-refractivity contribution in [3.8, 4) is 0 Å². The Morgan fingerprint density at radius 1 is 0.691 bits per heavy atom. The molecule has 1 aromatic heterocycles. The lowest BCUT2D eigenvalue weighted by Crippen LogP contribution is -2.42. The van der Waals surface area contributed by atoms with E-state index in [-0.39, 0.29) is 12.0 Å². The molecular formula is C45H75N11O12. The summed E-state index contributed by atoms with van der Waals surface area (Å²) in [5.74, 6) is -5.47. The van der Waals surface area contributed by atoms with E-state index in [1.807, 2.05) is 60.8 Å². The molecule has 6 atom stereocenters. The summed E-state index contributed by atoms with van der Waals surface area (Å²) in [4.78, 5) is 65.0. The predicted molar refractivity (Wildman–Crippen MR) is 258 cm³/mol. The number of nitrogens with two attached hydrogens (primary N) is 6. The highest BCUT2D eigenvalue weighted by molar-refractivity contribution is 5.84. The second-order valence-corrected chi connectivity index (χ2v) is 16.0. The van der Waals surface area contributed by atoms with Crippen LogP contribution in [0.1, 0.15) is 88.7 Å². The molecule has 5 rings (SSSR count). The van der Waals surface area contributed by atoms with Crippen LogP contribution in [0.2, 0.25) is 0 Å². The molecule has 1 aliphatic heterocycles. The fraction of sp³-hybridized carbons (Fsp3) is 0.533. The van der Waals surface area contributed by atoms with E-state index >= 15 is 0 Å². The van der Waals surface area contributed by atoms with Gasteiger partial charge in [0.1, 0.15) is 36.3 Å². The lowest BCUT2D eigenvalue weighted by molar-refractivity contribution is -0.140. The van der Waals surface area contributed by atoms with Crippen LogP contribution in [0.15, 0.2) is 60.8 Å². The van der Waals surface area contributed by atoms with E-state index in [1.54, 1.807) is 6.92 Å². The molecule has 23 heteroatoms. The van der Waals surface area contributed by atoms with Crippen molar-refractivity contribution in [2.75, 3.05) is 19.6 Å². The number of guanidine groups is 1. The van der Waals surface area contributed by atoms with Crippen molar-refractivity contribution >= 4 is 52.7 Å². The van der Waals surface area contributed by atoms with Crippen LogP contribution >= 0.6 is 0 Å². The lowest BCUT2D eigenvalue weighted by atomic mass is 9.95. The second-order valence-electron chi connectivity index (χ2n) is 16.0. The van der Waals surface area contributed by atoms with Crippen LogP contribution < -0.4 is 50.4 Å². The quantitative estimate of drug-likeness (QED) is 0.0448. The van der Waals surface area contributed by atoms with Gasteiger partial charge in [-0.15, -0.1) is 0 Å². The number of hydrogen-bond donors (Lipinski definition) is 17. The highest BCUT2D eigenvalue weighted by atomic mass is 16.4. The minimum atomic E-state index is -1.00. The number of carboxylic acids is 6. The number of aromatic nitrogens is 1. The Balaban J connectivity index is 0.000000801. The fourth-order valence-corrected chi connectivity index (χ4v) is 6.30. The van der Waals surface area contributed by atoms with Gasteiger partial charge in [0.05, 0.1) is 0 Å². The van der Waals surface area contributed by atoms with Gasteiger partial charge in [0.15, 0.2) is 5.96 Å². The van der Waals surface area contributed by atoms with Gasteiger partial charge in [-0.2, -0.15) is 0 Å². The highest BCUT2D eigenvalue weighted by Gasteiger charge is 2.21. The van der Waals surface area contributed by atoms with E-state index in [9.17, 15) is 28.8 Å². The maximum atomic E-state index is 10.6. The molecule has 0 amide bonds. The van der Waals surface area contributed by atoms with Gasteiger partial charge in [-0.05, 0) is 95.0 Å². The number of H-pyrrole nitrogens is 1. The van der Waals surface area contributed by atoms with E-state index in [1.165, 1.54) is 19.3 Å². The molecule has 1 aliphatic carbocycles. The first-order valence-corrected chi connectivity index (χ1v) is 22.4. The number of para-hydroxylation sites is 1. The SMILES string of the molecule is C[C@H](NC1CCCCC1)C(=O)O.N=C(N)NCCC[C@H](N)C(=O)O.NCCC[C@H](N)C(=O)O.N[C@@H](Cc1c[nH]c2ccccc12)C(=O)O.N[C@@H](Cc1ccccc1)C(=O)O.O=C(O)[C@@H]1CCCN1. The number of fused-ring (bicyclic) bond motifs is 1. The molecule has 23 N–H and O–H groups in total. The summed E-state index contributed by atoms with van der Waals surface area (Å²) in [5.41, 5.74) is 34.2. The van der Waals surface area contributed by atoms with Crippen LogP contribution in [0.5, 0.6) is 0 Å². The molecule has 0 radical (unpaired) electrons. The van der Waals surface area contributed by atoms with Crippen molar-refractivity contribution in [1.82, 2.24) is 20.9 Å². The summed E-state index contributed by atoms with van der Waals surface area (Å²) in [6, 6.07) is 13.7. The Kier molecular flexibility index (Phi) is 32.6. The van der Waals surface area contributed by atoms with Gasteiger partial charge < -0.3 is 86.0 Å².